The molecular formula is C26H31N3O2S. The molecule has 6 heteroatoms. The first-order valence-corrected chi connectivity index (χ1v) is 12.0. The Labute approximate surface area is 194 Å². The van der Waals surface area contributed by atoms with E-state index in [2.05, 4.69) is 47.3 Å². The van der Waals surface area contributed by atoms with E-state index in [9.17, 15) is 4.79 Å². The smallest absolute Gasteiger partial charge is 0.256 e. The molecule has 1 aliphatic rings. The van der Waals surface area contributed by atoms with Crippen LogP contribution in [0.2, 0.25) is 0 Å². The highest BCUT2D eigenvalue weighted by atomic mass is 32.1. The van der Waals surface area contributed by atoms with Crippen LogP contribution in [0.1, 0.15) is 39.3 Å². The average Bonchev–Trinajstić information content (AvgIpc) is 3.23. The topological polar surface area (TPSA) is 44.8 Å². The molecule has 5 nitrogen and oxygen atoms in total. The minimum absolute atomic E-state index is 0.0569. The van der Waals surface area contributed by atoms with Crippen molar-refractivity contribution in [3.63, 3.8) is 0 Å². The lowest BCUT2D eigenvalue weighted by atomic mass is 9.97. The number of methoxy groups -OCH3 is 1. The van der Waals surface area contributed by atoms with Gasteiger partial charge in [-0.05, 0) is 49.4 Å². The molecule has 1 aromatic heterocycles. The first-order chi connectivity index (χ1) is 15.6. The first-order valence-electron chi connectivity index (χ1n) is 11.1. The average molecular weight is 450 g/mol. The van der Waals surface area contributed by atoms with Gasteiger partial charge in [-0.2, -0.15) is 0 Å². The molecular weight excluding hydrogens is 418 g/mol. The number of aryl methyl sites for hydroxylation is 1. The number of hydrogen-bond donors (Lipinski definition) is 1. The molecule has 1 saturated heterocycles. The van der Waals surface area contributed by atoms with E-state index in [1.807, 2.05) is 42.5 Å². The van der Waals surface area contributed by atoms with Crippen LogP contribution < -0.4 is 10.1 Å². The van der Waals surface area contributed by atoms with Crippen molar-refractivity contribution in [3.05, 3.63) is 82.2 Å². The van der Waals surface area contributed by atoms with Crippen molar-refractivity contribution in [2.24, 2.45) is 0 Å². The Morgan fingerprint density at radius 2 is 1.81 bits per heavy atom. The van der Waals surface area contributed by atoms with Gasteiger partial charge in [-0.25, -0.2) is 0 Å². The normalized spacial score (nSPS) is 16.0. The third kappa shape index (κ3) is 5.04. The Kier molecular flexibility index (Phi) is 7.25. The van der Waals surface area contributed by atoms with E-state index < -0.39 is 0 Å². The number of carbonyl (C=O) groups excluding carboxylic acids is 1. The summed E-state index contributed by atoms with van der Waals surface area (Å²) < 4.78 is 5.53. The SMILES string of the molecule is CCc1cc([C@H](c2cccc(OC)c2)N2CCN(C)CC2)c(NC(=O)c2ccccc2)s1. The lowest BCUT2D eigenvalue weighted by Crippen LogP contribution is -2.46. The van der Waals surface area contributed by atoms with Crippen molar-refractivity contribution in [2.75, 3.05) is 45.7 Å². The van der Waals surface area contributed by atoms with Gasteiger partial charge in [0, 0.05) is 42.2 Å². The number of carbonyl (C=O) groups is 1. The van der Waals surface area contributed by atoms with Crippen LogP contribution in [0.4, 0.5) is 5.00 Å². The summed E-state index contributed by atoms with van der Waals surface area (Å²) in [6, 6.07) is 20.1. The van der Waals surface area contributed by atoms with Crippen LogP contribution in [0.3, 0.4) is 0 Å². The molecule has 1 N–H and O–H groups in total. The summed E-state index contributed by atoms with van der Waals surface area (Å²) in [6.07, 6.45) is 0.937. The fraction of sp³-hybridized carbons (Fsp3) is 0.346. The van der Waals surface area contributed by atoms with Gasteiger partial charge in [-0.1, -0.05) is 37.3 Å². The van der Waals surface area contributed by atoms with E-state index >= 15 is 0 Å². The quantitative estimate of drug-likeness (QED) is 0.557. The Bertz CT molecular complexity index is 1040. The Morgan fingerprint density at radius 3 is 2.50 bits per heavy atom. The summed E-state index contributed by atoms with van der Waals surface area (Å²) in [5, 5.41) is 4.15. The van der Waals surface area contributed by atoms with E-state index in [0.717, 1.165) is 48.9 Å². The van der Waals surface area contributed by atoms with Crippen LogP contribution in [0, 0.1) is 0 Å². The monoisotopic (exact) mass is 449 g/mol. The molecule has 0 bridgehead atoms. The minimum Gasteiger partial charge on any atom is -0.497 e. The second-order valence-electron chi connectivity index (χ2n) is 8.19. The molecule has 0 unspecified atom stereocenters. The molecule has 1 atom stereocenters. The summed E-state index contributed by atoms with van der Waals surface area (Å²) in [5.74, 6) is 0.779. The van der Waals surface area contributed by atoms with Crippen molar-refractivity contribution in [1.82, 2.24) is 9.80 Å². The Morgan fingerprint density at radius 1 is 1.06 bits per heavy atom. The number of benzene rings is 2. The maximum atomic E-state index is 13.0. The molecule has 0 saturated carbocycles. The number of rotatable bonds is 7. The molecule has 0 radical (unpaired) electrons. The van der Waals surface area contributed by atoms with E-state index in [4.69, 9.17) is 4.74 Å². The van der Waals surface area contributed by atoms with Crippen LogP contribution >= 0.6 is 11.3 Å². The third-order valence-corrected chi connectivity index (χ3v) is 7.24. The van der Waals surface area contributed by atoms with Crippen LogP contribution in [0.15, 0.2) is 60.7 Å². The molecule has 168 valence electrons. The highest BCUT2D eigenvalue weighted by Crippen LogP contribution is 2.40. The van der Waals surface area contributed by atoms with E-state index in [0.29, 0.717) is 5.56 Å². The molecule has 2 heterocycles. The highest BCUT2D eigenvalue weighted by Gasteiger charge is 2.29. The predicted octanol–water partition coefficient (Wildman–Crippen LogP) is 4.91. The molecule has 1 fully saturated rings. The Balaban J connectivity index is 1.74. The maximum Gasteiger partial charge on any atom is 0.256 e. The van der Waals surface area contributed by atoms with Crippen molar-refractivity contribution in [3.8, 4) is 5.75 Å². The van der Waals surface area contributed by atoms with Gasteiger partial charge in [0.1, 0.15) is 10.8 Å². The third-order valence-electron chi connectivity index (χ3n) is 6.03. The van der Waals surface area contributed by atoms with Gasteiger partial charge < -0.3 is 15.0 Å². The first kappa shape index (κ1) is 22.5. The molecule has 0 aliphatic carbocycles. The van der Waals surface area contributed by atoms with Gasteiger partial charge in [0.15, 0.2) is 0 Å². The molecule has 32 heavy (non-hydrogen) atoms. The number of likely N-dealkylation sites (N-methyl/N-ethyl adjacent to an activating group) is 1. The van der Waals surface area contributed by atoms with Gasteiger partial charge in [0.2, 0.25) is 0 Å². The zero-order valence-corrected chi connectivity index (χ0v) is 19.8. The van der Waals surface area contributed by atoms with Gasteiger partial charge >= 0.3 is 0 Å². The molecule has 2 aromatic carbocycles. The second kappa shape index (κ2) is 10.3. The van der Waals surface area contributed by atoms with E-state index in [1.165, 1.54) is 10.4 Å². The van der Waals surface area contributed by atoms with Crippen LogP contribution in [-0.2, 0) is 6.42 Å². The number of piperazine rings is 1. The largest absolute Gasteiger partial charge is 0.497 e. The van der Waals surface area contributed by atoms with E-state index in [1.54, 1.807) is 18.4 Å². The van der Waals surface area contributed by atoms with Crippen LogP contribution in [0.25, 0.3) is 0 Å². The van der Waals surface area contributed by atoms with Crippen molar-refractivity contribution < 1.29 is 9.53 Å². The molecule has 3 aromatic rings. The van der Waals surface area contributed by atoms with E-state index in [-0.39, 0.29) is 11.9 Å². The minimum atomic E-state index is -0.0703. The summed E-state index contributed by atoms with van der Waals surface area (Å²) in [5.41, 5.74) is 3.01. The predicted molar refractivity (Wildman–Crippen MR) is 132 cm³/mol. The van der Waals surface area contributed by atoms with Crippen LogP contribution in [0.5, 0.6) is 5.75 Å². The van der Waals surface area contributed by atoms with Gasteiger partial charge in [0.05, 0.1) is 13.2 Å². The number of nitrogens with zero attached hydrogens (tertiary/aromatic N) is 2. The van der Waals surface area contributed by atoms with Crippen molar-refractivity contribution in [2.45, 2.75) is 19.4 Å². The number of ether oxygens (including phenoxy) is 1. The maximum absolute atomic E-state index is 13.0. The van der Waals surface area contributed by atoms with Gasteiger partial charge in [0.25, 0.3) is 5.91 Å². The molecule has 0 spiro atoms. The lowest BCUT2D eigenvalue weighted by molar-refractivity contribution is 0.102. The summed E-state index contributed by atoms with van der Waals surface area (Å²) in [4.78, 5) is 19.2. The number of hydrogen-bond acceptors (Lipinski definition) is 5. The Hall–Kier alpha value is -2.67. The number of anilines is 1. The summed E-state index contributed by atoms with van der Waals surface area (Å²) >= 11 is 1.68. The molecule has 1 amide bonds. The second-order valence-corrected chi connectivity index (χ2v) is 9.33. The highest BCUT2D eigenvalue weighted by molar-refractivity contribution is 7.16. The summed E-state index contributed by atoms with van der Waals surface area (Å²) in [6.45, 7) is 6.16. The van der Waals surface area contributed by atoms with Crippen LogP contribution in [-0.4, -0.2) is 56.0 Å². The summed E-state index contributed by atoms with van der Waals surface area (Å²) in [7, 11) is 3.87. The molecule has 4 rings (SSSR count). The number of nitrogens with one attached hydrogen (secondary N) is 1. The zero-order valence-electron chi connectivity index (χ0n) is 19.0. The van der Waals surface area contributed by atoms with Crippen molar-refractivity contribution >= 4 is 22.2 Å². The lowest BCUT2D eigenvalue weighted by Gasteiger charge is -2.38. The standard InChI is InChI=1S/C26H31N3O2S/c1-4-22-18-23(26(32-22)27-25(30)19-9-6-5-7-10-19)24(29-15-13-28(2)14-16-29)20-11-8-12-21(17-20)31-3/h5-12,17-18,24H,4,13-16H2,1-3H3,(H,27,30)/t24-/m0/s1. The number of amides is 1. The van der Waals surface area contributed by atoms with Gasteiger partial charge in [-0.3, -0.25) is 9.69 Å². The molecule has 1 aliphatic heterocycles. The zero-order chi connectivity index (χ0) is 22.5. The van der Waals surface area contributed by atoms with Crippen molar-refractivity contribution in [1.29, 1.82) is 0 Å². The number of thiophene rings is 1. The fourth-order valence-electron chi connectivity index (χ4n) is 4.18. The fourth-order valence-corrected chi connectivity index (χ4v) is 5.20. The van der Waals surface area contributed by atoms with Gasteiger partial charge in [-0.15, -0.1) is 11.3 Å².